The first-order valence-corrected chi connectivity index (χ1v) is 8.75. The molecule has 5 rings (SSSR count). The second kappa shape index (κ2) is 6.01. The fourth-order valence-corrected chi connectivity index (χ4v) is 3.01. The number of amides is 1. The molecule has 1 N–H and O–H groups in total. The molecule has 8 nitrogen and oxygen atoms in total. The van der Waals surface area contributed by atoms with Gasteiger partial charge < -0.3 is 9.84 Å². The fourth-order valence-electron chi connectivity index (χ4n) is 3.01. The number of benzene rings is 1. The van der Waals surface area contributed by atoms with Crippen molar-refractivity contribution in [2.45, 2.75) is 25.7 Å². The average molecular weight is 360 g/mol. The number of aromatic nitrogens is 5. The van der Waals surface area contributed by atoms with Crippen LogP contribution in [0.5, 0.6) is 0 Å². The van der Waals surface area contributed by atoms with E-state index in [1.165, 1.54) is 0 Å². The molecule has 1 amide bonds. The first-order chi connectivity index (χ1) is 13.2. The minimum Gasteiger partial charge on any atom is -0.360 e. The van der Waals surface area contributed by atoms with Crippen molar-refractivity contribution in [1.29, 1.82) is 0 Å². The van der Waals surface area contributed by atoms with Crippen molar-refractivity contribution in [3.63, 3.8) is 0 Å². The zero-order valence-electron chi connectivity index (χ0n) is 14.6. The summed E-state index contributed by atoms with van der Waals surface area (Å²) in [5, 5.41) is 12.1. The predicted octanol–water partition coefficient (Wildman–Crippen LogP) is 3.24. The van der Waals surface area contributed by atoms with Gasteiger partial charge in [-0.05, 0) is 31.9 Å². The van der Waals surface area contributed by atoms with E-state index in [2.05, 4.69) is 25.5 Å². The molecule has 0 atom stereocenters. The van der Waals surface area contributed by atoms with E-state index in [0.29, 0.717) is 29.0 Å². The number of fused-ring (bicyclic) bond motifs is 1. The van der Waals surface area contributed by atoms with E-state index < -0.39 is 5.91 Å². The summed E-state index contributed by atoms with van der Waals surface area (Å²) in [6.45, 7) is 1.76. The normalized spacial score (nSPS) is 13.8. The molecule has 1 aliphatic carbocycles. The van der Waals surface area contributed by atoms with Gasteiger partial charge in [-0.1, -0.05) is 23.4 Å². The van der Waals surface area contributed by atoms with Crippen LogP contribution in [0.4, 0.5) is 5.82 Å². The minimum absolute atomic E-state index is 0.204. The topological polar surface area (TPSA) is 98.7 Å². The maximum atomic E-state index is 12.9. The standard InChI is InChI=1S/C19H16N6O2/c1-11-10-15(24-27-11)21-19(26)18-22-17(13-7-8-13)23-25(18)14-6-2-4-12-5-3-9-20-16(12)14/h2-6,9-10,13H,7-8H2,1H3,(H,21,24,26). The number of nitrogens with one attached hydrogen (secondary N) is 1. The van der Waals surface area contributed by atoms with Gasteiger partial charge in [-0.2, -0.15) is 5.10 Å². The van der Waals surface area contributed by atoms with Crippen molar-refractivity contribution >= 4 is 22.6 Å². The molecule has 1 aliphatic rings. The SMILES string of the molecule is Cc1cc(NC(=O)c2nc(C3CC3)nn2-c2cccc3cccnc23)no1. The van der Waals surface area contributed by atoms with E-state index in [-0.39, 0.29) is 5.82 Å². The van der Waals surface area contributed by atoms with Crippen molar-refractivity contribution in [3.8, 4) is 5.69 Å². The number of rotatable bonds is 4. The molecule has 0 unspecified atom stereocenters. The molecule has 134 valence electrons. The van der Waals surface area contributed by atoms with Crippen molar-refractivity contribution in [2.75, 3.05) is 5.32 Å². The van der Waals surface area contributed by atoms with Gasteiger partial charge in [0.2, 0.25) is 5.82 Å². The third-order valence-electron chi connectivity index (χ3n) is 4.48. The summed E-state index contributed by atoms with van der Waals surface area (Å²) >= 11 is 0. The third-order valence-corrected chi connectivity index (χ3v) is 4.48. The van der Waals surface area contributed by atoms with Crippen LogP contribution < -0.4 is 5.32 Å². The Labute approximate surface area is 154 Å². The molecule has 8 heteroatoms. The van der Waals surface area contributed by atoms with Gasteiger partial charge in [0.05, 0.1) is 11.2 Å². The van der Waals surface area contributed by atoms with Crippen LogP contribution in [0.15, 0.2) is 47.1 Å². The third kappa shape index (κ3) is 2.84. The summed E-state index contributed by atoms with van der Waals surface area (Å²) in [6.07, 6.45) is 3.81. The van der Waals surface area contributed by atoms with Gasteiger partial charge in [0.25, 0.3) is 5.91 Å². The Morgan fingerprint density at radius 1 is 1.26 bits per heavy atom. The van der Waals surface area contributed by atoms with Gasteiger partial charge in [0.1, 0.15) is 5.76 Å². The Morgan fingerprint density at radius 3 is 2.89 bits per heavy atom. The molecule has 0 bridgehead atoms. The van der Waals surface area contributed by atoms with Crippen LogP contribution in [0.2, 0.25) is 0 Å². The molecule has 4 aromatic rings. The average Bonchev–Trinajstić information content (AvgIpc) is 3.31. The molecule has 1 saturated carbocycles. The second-order valence-electron chi connectivity index (χ2n) is 6.61. The van der Waals surface area contributed by atoms with E-state index >= 15 is 0 Å². The Bertz CT molecular complexity index is 1150. The van der Waals surface area contributed by atoms with Crippen LogP contribution in [-0.2, 0) is 0 Å². The summed E-state index contributed by atoms with van der Waals surface area (Å²) in [5.74, 6) is 1.77. The summed E-state index contributed by atoms with van der Waals surface area (Å²) < 4.78 is 6.58. The number of carbonyl (C=O) groups is 1. The van der Waals surface area contributed by atoms with E-state index in [1.54, 1.807) is 23.9 Å². The number of aryl methyl sites for hydroxylation is 1. The molecular weight excluding hydrogens is 344 g/mol. The highest BCUT2D eigenvalue weighted by molar-refractivity contribution is 6.02. The predicted molar refractivity (Wildman–Crippen MR) is 97.8 cm³/mol. The molecule has 0 radical (unpaired) electrons. The fraction of sp³-hybridized carbons (Fsp3) is 0.211. The first-order valence-electron chi connectivity index (χ1n) is 8.75. The highest BCUT2D eigenvalue weighted by atomic mass is 16.5. The van der Waals surface area contributed by atoms with E-state index in [1.807, 2.05) is 30.3 Å². The molecule has 27 heavy (non-hydrogen) atoms. The van der Waals surface area contributed by atoms with Gasteiger partial charge in [0, 0.05) is 23.6 Å². The summed E-state index contributed by atoms with van der Waals surface area (Å²) in [5.41, 5.74) is 1.48. The second-order valence-corrected chi connectivity index (χ2v) is 6.61. The monoisotopic (exact) mass is 360 g/mol. The Balaban J connectivity index is 1.62. The lowest BCUT2D eigenvalue weighted by Crippen LogP contribution is -2.18. The van der Waals surface area contributed by atoms with Crippen molar-refractivity contribution < 1.29 is 9.32 Å². The molecular formula is C19H16N6O2. The van der Waals surface area contributed by atoms with Gasteiger partial charge >= 0.3 is 0 Å². The van der Waals surface area contributed by atoms with Crippen LogP contribution in [0.25, 0.3) is 16.6 Å². The molecule has 0 spiro atoms. The number of anilines is 1. The zero-order chi connectivity index (χ0) is 18.4. The van der Waals surface area contributed by atoms with Crippen LogP contribution >= 0.6 is 0 Å². The minimum atomic E-state index is -0.393. The molecule has 3 aromatic heterocycles. The van der Waals surface area contributed by atoms with Crippen LogP contribution in [0.3, 0.4) is 0 Å². The van der Waals surface area contributed by atoms with E-state index in [4.69, 9.17) is 4.52 Å². The molecule has 1 fully saturated rings. The molecule has 0 aliphatic heterocycles. The number of carbonyl (C=O) groups excluding carboxylic acids is 1. The largest absolute Gasteiger partial charge is 0.360 e. The van der Waals surface area contributed by atoms with Crippen LogP contribution in [0, 0.1) is 6.92 Å². The van der Waals surface area contributed by atoms with E-state index in [9.17, 15) is 4.79 Å². The van der Waals surface area contributed by atoms with Gasteiger partial charge in [-0.3, -0.25) is 9.78 Å². The van der Waals surface area contributed by atoms with E-state index in [0.717, 1.165) is 23.7 Å². The number of nitrogens with zero attached hydrogens (tertiary/aromatic N) is 5. The van der Waals surface area contributed by atoms with Crippen molar-refractivity contribution in [2.24, 2.45) is 0 Å². The summed E-state index contributed by atoms with van der Waals surface area (Å²) in [4.78, 5) is 21.9. The van der Waals surface area contributed by atoms with Crippen LogP contribution in [0.1, 0.15) is 41.0 Å². The Morgan fingerprint density at radius 2 is 2.11 bits per heavy atom. The maximum absolute atomic E-state index is 12.9. The van der Waals surface area contributed by atoms with Crippen LogP contribution in [-0.4, -0.2) is 30.8 Å². The lowest BCUT2D eigenvalue weighted by Gasteiger charge is -2.08. The highest BCUT2D eigenvalue weighted by Gasteiger charge is 2.31. The number of hydrogen-bond donors (Lipinski definition) is 1. The number of pyridine rings is 1. The smallest absolute Gasteiger partial charge is 0.294 e. The molecule has 3 heterocycles. The van der Waals surface area contributed by atoms with Crippen molar-refractivity contribution in [3.05, 3.63) is 60.0 Å². The lowest BCUT2D eigenvalue weighted by molar-refractivity contribution is 0.101. The van der Waals surface area contributed by atoms with Gasteiger partial charge in [0.15, 0.2) is 11.6 Å². The lowest BCUT2D eigenvalue weighted by atomic mass is 10.2. The Kier molecular flexibility index (Phi) is 3.49. The number of para-hydroxylation sites is 1. The van der Waals surface area contributed by atoms with Crippen molar-refractivity contribution in [1.82, 2.24) is 24.9 Å². The first kappa shape index (κ1) is 15.7. The maximum Gasteiger partial charge on any atom is 0.294 e. The molecule has 0 saturated heterocycles. The Hall–Kier alpha value is -3.55. The summed E-state index contributed by atoms with van der Waals surface area (Å²) in [7, 11) is 0. The zero-order valence-corrected chi connectivity index (χ0v) is 14.6. The number of hydrogen-bond acceptors (Lipinski definition) is 6. The quantitative estimate of drug-likeness (QED) is 0.600. The van der Waals surface area contributed by atoms with Gasteiger partial charge in [-0.25, -0.2) is 9.67 Å². The van der Waals surface area contributed by atoms with Gasteiger partial charge in [-0.15, -0.1) is 0 Å². The summed E-state index contributed by atoms with van der Waals surface area (Å²) in [6, 6.07) is 11.3. The highest BCUT2D eigenvalue weighted by Crippen LogP contribution is 2.38. The molecule has 1 aromatic carbocycles.